The Morgan fingerprint density at radius 1 is 1.04 bits per heavy atom. The van der Waals surface area contributed by atoms with E-state index in [4.69, 9.17) is 4.74 Å². The third-order valence-corrected chi connectivity index (χ3v) is 13.8. The van der Waals surface area contributed by atoms with Crippen LogP contribution in [0.25, 0.3) is 0 Å². The minimum Gasteiger partial charge on any atom is -0.484 e. The third kappa shape index (κ3) is 4.64. The first-order valence-corrected chi connectivity index (χ1v) is 13.6. The molecule has 0 aliphatic rings. The first-order valence-electron chi connectivity index (χ1n) is 9.20. The van der Waals surface area contributed by atoms with Gasteiger partial charge in [-0.25, -0.2) is 8.42 Å². The molecule has 0 aliphatic heterocycles. The van der Waals surface area contributed by atoms with E-state index in [1.807, 2.05) is 59.0 Å². The number of aryl methyl sites for hydroxylation is 1. The fraction of sp³-hybridized carbons (Fsp3) is 0.381. The average Bonchev–Trinajstić information content (AvgIpc) is 2.59. The second-order valence-electron chi connectivity index (χ2n) is 8.39. The summed E-state index contributed by atoms with van der Waals surface area (Å²) in [4.78, 5) is 13.3. The maximum absolute atomic E-state index is 13.4. The van der Waals surface area contributed by atoms with Crippen LogP contribution in [0.15, 0.2) is 59.5 Å². The number of carbonyl (C=O) groups is 1. The summed E-state index contributed by atoms with van der Waals surface area (Å²) in [5.74, 6) is -0.00223. The van der Waals surface area contributed by atoms with Crippen molar-refractivity contribution in [1.29, 1.82) is 0 Å². The number of ether oxygens (including phenoxy) is 1. The molecule has 0 atom stereocenters. The summed E-state index contributed by atoms with van der Waals surface area (Å²) in [7, 11) is -6.74. The first-order chi connectivity index (χ1) is 12.9. The molecular weight excluding hydrogens is 390 g/mol. The second kappa shape index (κ2) is 8.09. The van der Waals surface area contributed by atoms with E-state index in [0.717, 1.165) is 9.53 Å². The van der Waals surface area contributed by atoms with E-state index in [9.17, 15) is 13.2 Å². The van der Waals surface area contributed by atoms with Crippen LogP contribution in [-0.4, -0.2) is 33.1 Å². The molecule has 0 unspecified atom stereocenters. The van der Waals surface area contributed by atoms with E-state index < -0.39 is 24.2 Å². The molecule has 2 aromatic carbocycles. The fourth-order valence-electron chi connectivity index (χ4n) is 2.66. The molecule has 0 saturated carbocycles. The summed E-state index contributed by atoms with van der Waals surface area (Å²) < 4.78 is 33.6. The lowest BCUT2D eigenvalue weighted by Gasteiger charge is -2.44. The number of hydrogen-bond acceptors (Lipinski definition) is 4. The van der Waals surface area contributed by atoms with Crippen LogP contribution in [-0.2, 0) is 14.8 Å². The highest BCUT2D eigenvalue weighted by molar-refractivity contribution is 7.91. The highest BCUT2D eigenvalue weighted by atomic mass is 32.2. The zero-order valence-electron chi connectivity index (χ0n) is 17.4. The summed E-state index contributed by atoms with van der Waals surface area (Å²) in [5.41, 5.74) is 1.00. The van der Waals surface area contributed by atoms with Gasteiger partial charge in [-0.15, -0.1) is 0 Å². The summed E-state index contributed by atoms with van der Waals surface area (Å²) in [6, 6.07) is 15.4. The van der Waals surface area contributed by atoms with E-state index in [1.165, 1.54) is 12.1 Å². The van der Waals surface area contributed by atoms with Gasteiger partial charge < -0.3 is 4.74 Å². The smallest absolute Gasteiger partial charge is 0.266 e. The predicted molar refractivity (Wildman–Crippen MR) is 114 cm³/mol. The van der Waals surface area contributed by atoms with E-state index >= 15 is 0 Å². The molecule has 5 nitrogen and oxygen atoms in total. The van der Waals surface area contributed by atoms with Crippen molar-refractivity contribution in [2.24, 2.45) is 0 Å². The van der Waals surface area contributed by atoms with Gasteiger partial charge in [0.25, 0.3) is 15.9 Å². The largest absolute Gasteiger partial charge is 0.484 e. The van der Waals surface area contributed by atoms with Crippen LogP contribution < -0.4 is 4.74 Å². The quantitative estimate of drug-likeness (QED) is 0.642. The van der Waals surface area contributed by atoms with Crippen LogP contribution in [0.1, 0.15) is 26.3 Å². The zero-order chi connectivity index (χ0) is 21.2. The van der Waals surface area contributed by atoms with Gasteiger partial charge in [-0.1, -0.05) is 51.1 Å². The molecular formula is C21H29NO4SSi. The van der Waals surface area contributed by atoms with E-state index in [2.05, 4.69) is 0 Å². The maximum Gasteiger partial charge on any atom is 0.266 e. The lowest BCUT2D eigenvalue weighted by atomic mass is 10.2. The van der Waals surface area contributed by atoms with E-state index in [1.54, 1.807) is 24.3 Å². The number of carbonyl (C=O) groups excluding carboxylic acids is 1. The van der Waals surface area contributed by atoms with Gasteiger partial charge in [-0.3, -0.25) is 8.77 Å². The van der Waals surface area contributed by atoms with E-state index in [-0.39, 0.29) is 16.5 Å². The van der Waals surface area contributed by atoms with Crippen molar-refractivity contribution in [3.05, 3.63) is 60.2 Å². The number of benzene rings is 2. The Morgan fingerprint density at radius 2 is 1.64 bits per heavy atom. The molecule has 7 heteroatoms. The van der Waals surface area contributed by atoms with Crippen LogP contribution in [0.2, 0.25) is 18.1 Å². The topological polar surface area (TPSA) is 63.7 Å². The van der Waals surface area contributed by atoms with Crippen LogP contribution >= 0.6 is 0 Å². The number of nitrogens with zero attached hydrogens (tertiary/aromatic N) is 1. The Balaban J connectivity index is 2.42. The Morgan fingerprint density at radius 3 is 2.18 bits per heavy atom. The average molecular weight is 420 g/mol. The second-order valence-corrected chi connectivity index (χ2v) is 15.6. The molecule has 152 valence electrons. The lowest BCUT2D eigenvalue weighted by molar-refractivity contribution is -0.126. The van der Waals surface area contributed by atoms with Crippen molar-refractivity contribution in [3.8, 4) is 5.75 Å². The third-order valence-electron chi connectivity index (χ3n) is 5.20. The van der Waals surface area contributed by atoms with Gasteiger partial charge in [0.05, 0.1) is 4.90 Å². The lowest BCUT2D eigenvalue weighted by Crippen LogP contribution is -2.60. The number of sulfonamides is 1. The van der Waals surface area contributed by atoms with Gasteiger partial charge in [0.15, 0.2) is 14.8 Å². The zero-order valence-corrected chi connectivity index (χ0v) is 19.2. The molecule has 0 saturated heterocycles. The summed E-state index contributed by atoms with van der Waals surface area (Å²) >= 11 is 0. The molecule has 2 aromatic rings. The summed E-state index contributed by atoms with van der Waals surface area (Å²) in [6.45, 7) is 11.3. The Hall–Kier alpha value is -2.12. The van der Waals surface area contributed by atoms with Gasteiger partial charge in [-0.05, 0) is 54.9 Å². The monoisotopic (exact) mass is 419 g/mol. The van der Waals surface area contributed by atoms with Crippen LogP contribution in [0.3, 0.4) is 0 Å². The molecule has 28 heavy (non-hydrogen) atoms. The summed E-state index contributed by atoms with van der Waals surface area (Å²) in [5, 5.41) is -0.353. The normalized spacial score (nSPS) is 12.5. The highest BCUT2D eigenvalue weighted by Gasteiger charge is 2.49. The van der Waals surface area contributed by atoms with Crippen LogP contribution in [0.4, 0.5) is 0 Å². The van der Waals surface area contributed by atoms with Crippen molar-refractivity contribution >= 4 is 24.2 Å². The SMILES string of the molecule is Cc1cccc(OCC(=O)N([Si](C)(C)C(C)(C)C)S(=O)(=O)c2ccccc2)c1. The first kappa shape index (κ1) is 22.2. The Labute approximate surface area is 169 Å². The Bertz CT molecular complexity index is 934. The molecule has 0 bridgehead atoms. The van der Waals surface area contributed by atoms with Gasteiger partial charge in [0.1, 0.15) is 5.75 Å². The molecule has 0 N–H and O–H groups in total. The number of rotatable bonds is 6. The van der Waals surface area contributed by atoms with Gasteiger partial charge in [-0.2, -0.15) is 0 Å². The number of hydrogen-bond donors (Lipinski definition) is 0. The van der Waals surface area contributed by atoms with Gasteiger partial charge in [0, 0.05) is 0 Å². The number of amides is 1. The van der Waals surface area contributed by atoms with Crippen molar-refractivity contribution in [3.63, 3.8) is 0 Å². The molecule has 0 heterocycles. The molecule has 0 radical (unpaired) electrons. The molecule has 1 amide bonds. The van der Waals surface area contributed by atoms with Crippen molar-refractivity contribution in [2.75, 3.05) is 6.61 Å². The predicted octanol–water partition coefficient (Wildman–Crippen LogP) is 4.60. The van der Waals surface area contributed by atoms with Crippen LogP contribution in [0.5, 0.6) is 5.75 Å². The standard InChI is InChI=1S/C21H29NO4SSi/c1-17-11-10-12-18(15-17)26-16-20(23)22(28(5,6)21(2,3)4)27(24,25)19-13-8-7-9-14-19/h7-15H,16H2,1-6H3. The Kier molecular flexibility index (Phi) is 6.40. The van der Waals surface area contributed by atoms with Crippen molar-refractivity contribution < 1.29 is 17.9 Å². The summed E-state index contributed by atoms with van der Waals surface area (Å²) in [6.07, 6.45) is 0. The highest BCUT2D eigenvalue weighted by Crippen LogP contribution is 2.41. The van der Waals surface area contributed by atoms with Crippen LogP contribution in [0, 0.1) is 6.92 Å². The molecule has 0 spiro atoms. The fourth-order valence-corrected chi connectivity index (χ4v) is 8.53. The minimum atomic E-state index is -3.99. The molecule has 0 aliphatic carbocycles. The van der Waals surface area contributed by atoms with E-state index in [0.29, 0.717) is 5.75 Å². The molecule has 0 fully saturated rings. The maximum atomic E-state index is 13.4. The van der Waals surface area contributed by atoms with Gasteiger partial charge in [0.2, 0.25) is 0 Å². The molecule has 0 aromatic heterocycles. The van der Waals surface area contributed by atoms with Gasteiger partial charge >= 0.3 is 0 Å². The minimum absolute atomic E-state index is 0.115. The van der Waals surface area contributed by atoms with Crippen molar-refractivity contribution in [2.45, 2.75) is 50.7 Å². The van der Waals surface area contributed by atoms with Crippen molar-refractivity contribution in [1.82, 2.24) is 3.97 Å². The molecule has 2 rings (SSSR count).